The molecule has 111 heavy (non-hydrogen) atoms. The van der Waals surface area contributed by atoms with Crippen molar-refractivity contribution >= 4 is 78.0 Å². The van der Waals surface area contributed by atoms with Gasteiger partial charge in [0.15, 0.2) is 0 Å². The van der Waals surface area contributed by atoms with Crippen molar-refractivity contribution in [2.45, 2.75) is 264 Å². The summed E-state index contributed by atoms with van der Waals surface area (Å²) in [6.45, 7) is 21.4. The zero-order valence-electron chi connectivity index (χ0n) is 68.4. The SMILES string of the molecule is CCCCCCCCC1(CCCCCCCC)c2cc(N(c3ccc(N(c4ccccc4)c4ccccc4)cc3)c3ccc4c(c3)C(C)(C)c3cc(-c5ccccc5C(C)(C)C)c5oc6ccccc6c5c3-4)ccc2-c2cc3c(cc21)-c1c(ccc2oc4ccccc4c12)C3(CCCCCCCC)CCCCCCCC. The molecule has 0 N–H and O–H groups in total. The van der Waals surface area contributed by atoms with E-state index in [4.69, 9.17) is 8.83 Å². The molecule has 0 fully saturated rings. The summed E-state index contributed by atoms with van der Waals surface area (Å²) in [6, 6.07) is 86.6. The van der Waals surface area contributed by atoms with Gasteiger partial charge in [0.25, 0.3) is 0 Å². The predicted molar refractivity (Wildman–Crippen MR) is 476 cm³/mol. The molecule has 0 aliphatic heterocycles. The van der Waals surface area contributed by atoms with Gasteiger partial charge in [-0.05, 0) is 218 Å². The van der Waals surface area contributed by atoms with Gasteiger partial charge in [-0.15, -0.1) is 0 Å². The first-order valence-electron chi connectivity index (χ1n) is 43.6. The number of hydrogen-bond donors (Lipinski definition) is 0. The van der Waals surface area contributed by atoms with Gasteiger partial charge in [0, 0.05) is 77.5 Å². The van der Waals surface area contributed by atoms with Gasteiger partial charge in [-0.2, -0.15) is 0 Å². The number of unbranched alkanes of at least 4 members (excludes halogenated alkanes) is 20. The highest BCUT2D eigenvalue weighted by Crippen LogP contribution is 2.64. The molecule has 570 valence electrons. The zero-order chi connectivity index (χ0) is 76.3. The van der Waals surface area contributed by atoms with E-state index in [9.17, 15) is 0 Å². The topological polar surface area (TPSA) is 32.8 Å². The fourth-order valence-corrected chi connectivity index (χ4v) is 20.7. The molecule has 0 unspecified atom stereocenters. The summed E-state index contributed by atoms with van der Waals surface area (Å²) in [5.74, 6) is 0. The van der Waals surface area contributed by atoms with Crippen molar-refractivity contribution in [3.05, 3.63) is 263 Å². The smallest absolute Gasteiger partial charge is 0.143 e. The fraction of sp³-hybridized carbons (Fsp3) is 0.383. The van der Waals surface area contributed by atoms with Gasteiger partial charge in [0.2, 0.25) is 0 Å². The number of benzene rings is 11. The van der Waals surface area contributed by atoms with Crippen molar-refractivity contribution in [3.8, 4) is 44.5 Å². The Labute approximate surface area is 664 Å². The van der Waals surface area contributed by atoms with Gasteiger partial charge < -0.3 is 18.6 Å². The Hall–Kier alpha value is -9.38. The number of para-hydroxylation sites is 4. The van der Waals surface area contributed by atoms with E-state index < -0.39 is 0 Å². The van der Waals surface area contributed by atoms with Gasteiger partial charge in [-0.3, -0.25) is 0 Å². The van der Waals surface area contributed by atoms with Crippen LogP contribution in [-0.4, -0.2) is 0 Å². The quantitative estimate of drug-likeness (QED) is 0.0371. The molecule has 4 nitrogen and oxygen atoms in total. The molecule has 0 amide bonds. The van der Waals surface area contributed by atoms with Crippen LogP contribution in [0, 0.1) is 0 Å². The lowest BCUT2D eigenvalue weighted by atomic mass is 9.68. The maximum absolute atomic E-state index is 7.17. The van der Waals surface area contributed by atoms with Crippen LogP contribution < -0.4 is 9.80 Å². The first kappa shape index (κ1) is 75.6. The highest BCUT2D eigenvalue weighted by Gasteiger charge is 2.49. The maximum Gasteiger partial charge on any atom is 0.143 e. The lowest BCUT2D eigenvalue weighted by molar-refractivity contribution is 0.394. The molecule has 0 atom stereocenters. The van der Waals surface area contributed by atoms with Crippen LogP contribution in [0.3, 0.4) is 0 Å². The number of rotatable bonds is 35. The van der Waals surface area contributed by atoms with E-state index in [0.29, 0.717) is 0 Å². The van der Waals surface area contributed by atoms with E-state index in [0.717, 1.165) is 74.6 Å². The second-order valence-electron chi connectivity index (χ2n) is 35.0. The van der Waals surface area contributed by atoms with Crippen molar-refractivity contribution in [1.82, 2.24) is 0 Å². The van der Waals surface area contributed by atoms with Crippen LogP contribution >= 0.6 is 0 Å². The summed E-state index contributed by atoms with van der Waals surface area (Å²) in [6.07, 6.45) is 35.2. The van der Waals surface area contributed by atoms with Gasteiger partial charge in [0.1, 0.15) is 22.3 Å². The number of furan rings is 2. The van der Waals surface area contributed by atoms with Crippen LogP contribution in [-0.2, 0) is 21.7 Å². The lowest BCUT2D eigenvalue weighted by Crippen LogP contribution is -2.27. The van der Waals surface area contributed by atoms with Crippen molar-refractivity contribution in [2.75, 3.05) is 9.80 Å². The number of hydrogen-bond acceptors (Lipinski definition) is 4. The van der Waals surface area contributed by atoms with Gasteiger partial charge in [-0.1, -0.05) is 332 Å². The summed E-state index contributed by atoms with van der Waals surface area (Å²) >= 11 is 0. The second kappa shape index (κ2) is 32.7. The molecule has 11 aromatic carbocycles. The summed E-state index contributed by atoms with van der Waals surface area (Å²) < 4.78 is 14.1. The molecule has 2 heterocycles. The van der Waals surface area contributed by atoms with Crippen LogP contribution in [0.2, 0.25) is 0 Å². The fourth-order valence-electron chi connectivity index (χ4n) is 20.7. The average molecular weight is 1470 g/mol. The predicted octanol–water partition coefficient (Wildman–Crippen LogP) is 33.2. The second-order valence-corrected chi connectivity index (χ2v) is 35.0. The van der Waals surface area contributed by atoms with Crippen LogP contribution in [0.1, 0.15) is 281 Å². The monoisotopic (exact) mass is 1460 g/mol. The first-order valence-corrected chi connectivity index (χ1v) is 43.6. The Morgan fingerprint density at radius 2 is 0.676 bits per heavy atom. The third kappa shape index (κ3) is 14.2. The Bertz CT molecular complexity index is 5330. The van der Waals surface area contributed by atoms with E-state index in [1.807, 2.05) is 0 Å². The van der Waals surface area contributed by atoms with E-state index in [2.05, 4.69) is 297 Å². The Morgan fingerprint density at radius 1 is 0.279 bits per heavy atom. The van der Waals surface area contributed by atoms with Crippen molar-refractivity contribution in [3.63, 3.8) is 0 Å². The molecular formula is C107H120N2O2. The highest BCUT2D eigenvalue weighted by atomic mass is 16.3. The largest absolute Gasteiger partial charge is 0.456 e. The normalized spacial score (nSPS) is 14.1. The van der Waals surface area contributed by atoms with E-state index in [1.54, 1.807) is 16.7 Å². The molecule has 2 aromatic heterocycles. The molecule has 4 heteroatoms. The molecule has 3 aliphatic rings. The van der Waals surface area contributed by atoms with Crippen LogP contribution in [0.15, 0.2) is 233 Å². The summed E-state index contributed by atoms with van der Waals surface area (Å²) in [5.41, 5.74) is 31.0. The standard InChI is InChI=1S/C107H120N2O2/c1-10-14-18-22-26-42-66-106(67-43-27-23-19-15-11-2)90-64-65-98-101(84-51-37-40-54-96(84)110-98)100(90)88-74-93-86(72-94(88)106)82-62-60-80(71-92(82)107(93,68-44-28-24-20-16-12-3)69-45-29-25-21-17-13-4)109(78-58-56-77(57-59-78)108(75-46-32-30-33-47-75)76-48-34-31-35-49-76)79-61-63-83-91(70-79)105(8,9)95-73-87(81-50-36-39-53-89(81)104(5,6)7)103-102(99(83)95)85-52-38-41-55-97(85)111-103/h30-41,46-65,70-74H,10-29,42-45,66-69H2,1-9H3. The van der Waals surface area contributed by atoms with Crippen molar-refractivity contribution in [1.29, 1.82) is 0 Å². The molecule has 0 radical (unpaired) electrons. The molecule has 0 bridgehead atoms. The van der Waals surface area contributed by atoms with Crippen LogP contribution in [0.4, 0.5) is 34.1 Å². The number of anilines is 6. The average Bonchev–Trinajstić information content (AvgIpc) is 1.54. The van der Waals surface area contributed by atoms with Gasteiger partial charge in [-0.25, -0.2) is 0 Å². The van der Waals surface area contributed by atoms with E-state index in [-0.39, 0.29) is 21.7 Å². The van der Waals surface area contributed by atoms with Crippen LogP contribution in [0.5, 0.6) is 0 Å². The van der Waals surface area contributed by atoms with E-state index >= 15 is 0 Å². The third-order valence-electron chi connectivity index (χ3n) is 26.4. The summed E-state index contributed by atoms with van der Waals surface area (Å²) in [7, 11) is 0. The number of fused-ring (bicyclic) bond motifs is 17. The van der Waals surface area contributed by atoms with Crippen LogP contribution in [0.25, 0.3) is 88.4 Å². The number of nitrogens with zero attached hydrogens (tertiary/aromatic N) is 2. The molecular weight excluding hydrogens is 1350 g/mol. The zero-order valence-corrected chi connectivity index (χ0v) is 68.4. The maximum atomic E-state index is 7.17. The summed E-state index contributed by atoms with van der Waals surface area (Å²) in [5, 5.41) is 4.94. The first-order chi connectivity index (χ1) is 54.3. The molecule has 13 aromatic rings. The van der Waals surface area contributed by atoms with Crippen molar-refractivity contribution in [2.24, 2.45) is 0 Å². The van der Waals surface area contributed by atoms with Gasteiger partial charge >= 0.3 is 0 Å². The molecule has 0 saturated carbocycles. The minimum absolute atomic E-state index is 0.0890. The molecule has 3 aliphatic carbocycles. The highest BCUT2D eigenvalue weighted by molar-refractivity contribution is 6.19. The lowest BCUT2D eigenvalue weighted by Gasteiger charge is -2.35. The van der Waals surface area contributed by atoms with E-state index in [1.165, 1.54) is 250 Å². The summed E-state index contributed by atoms with van der Waals surface area (Å²) in [4.78, 5) is 5.04. The minimum atomic E-state index is -0.379. The molecule has 16 rings (SSSR count). The van der Waals surface area contributed by atoms with Crippen molar-refractivity contribution < 1.29 is 8.83 Å². The van der Waals surface area contributed by atoms with Gasteiger partial charge in [0.05, 0.1) is 0 Å². The molecule has 0 saturated heterocycles. The molecule has 0 spiro atoms. The Morgan fingerprint density at radius 3 is 1.23 bits per heavy atom. The minimum Gasteiger partial charge on any atom is -0.456 e. The Balaban J connectivity index is 0.915. The third-order valence-corrected chi connectivity index (χ3v) is 26.4. The Kier molecular flexibility index (Phi) is 22.3.